The number of benzene rings is 2. The van der Waals surface area contributed by atoms with Crippen molar-refractivity contribution in [2.24, 2.45) is 5.18 Å². The Morgan fingerprint density at radius 2 is 1.82 bits per heavy atom. The number of phenols is 1. The molecule has 9 nitrogen and oxygen atoms in total. The van der Waals surface area contributed by atoms with Crippen molar-refractivity contribution in [3.05, 3.63) is 88.2 Å². The highest BCUT2D eigenvalue weighted by Crippen LogP contribution is 2.31. The van der Waals surface area contributed by atoms with Crippen LogP contribution in [0.5, 0.6) is 5.75 Å². The Morgan fingerprint density at radius 3 is 2.65 bits per heavy atom. The van der Waals surface area contributed by atoms with E-state index in [0.29, 0.717) is 38.9 Å². The summed E-state index contributed by atoms with van der Waals surface area (Å²) in [5.41, 5.74) is 1.39. The topological polar surface area (TPSA) is 131 Å². The zero-order chi connectivity index (χ0) is 23.5. The minimum absolute atomic E-state index is 0.0292. The van der Waals surface area contributed by atoms with Gasteiger partial charge in [-0.15, -0.1) is 16.2 Å². The number of fused-ring (bicyclic) bond motifs is 1. The van der Waals surface area contributed by atoms with E-state index in [9.17, 15) is 14.8 Å². The highest BCUT2D eigenvalue weighted by Gasteiger charge is 2.16. The van der Waals surface area contributed by atoms with Crippen LogP contribution in [0.15, 0.2) is 75.6 Å². The van der Waals surface area contributed by atoms with E-state index >= 15 is 0 Å². The number of thiazole rings is 1. The number of aromatic hydroxyl groups is 1. The number of carbonyl (C=O) groups excluding carboxylic acids is 1. The molecule has 0 saturated carbocycles. The maximum atomic E-state index is 13.0. The maximum Gasteiger partial charge on any atom is 0.276 e. The second-order valence-corrected chi connectivity index (χ2v) is 7.92. The number of carbonyl (C=O) groups is 1. The van der Waals surface area contributed by atoms with E-state index in [0.717, 1.165) is 0 Å². The van der Waals surface area contributed by atoms with Crippen LogP contribution in [0.4, 0.5) is 11.7 Å². The van der Waals surface area contributed by atoms with Crippen molar-refractivity contribution in [3.8, 4) is 16.3 Å². The van der Waals surface area contributed by atoms with Gasteiger partial charge >= 0.3 is 0 Å². The van der Waals surface area contributed by atoms with E-state index in [2.05, 4.69) is 25.4 Å². The number of phenolic OH excluding ortho intramolecular Hbond substituents is 1. The van der Waals surface area contributed by atoms with Crippen molar-refractivity contribution < 1.29 is 14.3 Å². The standard InChI is InChI=1S/C24H15N5O4S/c30-19-8-4-2-6-16(19)24-26-18(13-34-24)23(31)28-22-15-5-1-3-7-17(15)25-20(27-22)11-9-14-10-12-21(29-32)33-14/h1-13,30H,(H,25,27,28,31)/b11-9+. The summed E-state index contributed by atoms with van der Waals surface area (Å²) < 4.78 is 5.23. The van der Waals surface area contributed by atoms with Gasteiger partial charge in [0, 0.05) is 22.0 Å². The molecule has 34 heavy (non-hydrogen) atoms. The molecule has 0 aliphatic heterocycles. The molecule has 3 aromatic heterocycles. The predicted octanol–water partition coefficient (Wildman–Crippen LogP) is 5.87. The molecule has 0 radical (unpaired) electrons. The van der Waals surface area contributed by atoms with Gasteiger partial charge in [0.1, 0.15) is 28.0 Å². The Morgan fingerprint density at radius 1 is 1.00 bits per heavy atom. The zero-order valence-corrected chi connectivity index (χ0v) is 18.2. The van der Waals surface area contributed by atoms with Crippen molar-refractivity contribution in [1.82, 2.24) is 15.0 Å². The molecule has 0 spiro atoms. The van der Waals surface area contributed by atoms with Gasteiger partial charge in [-0.3, -0.25) is 4.79 Å². The van der Waals surface area contributed by atoms with Crippen LogP contribution < -0.4 is 5.32 Å². The number of aromatic nitrogens is 3. The number of hydrogen-bond donors (Lipinski definition) is 2. The second-order valence-electron chi connectivity index (χ2n) is 7.06. The van der Waals surface area contributed by atoms with Gasteiger partial charge in [0.25, 0.3) is 11.8 Å². The molecule has 0 aliphatic carbocycles. The summed E-state index contributed by atoms with van der Waals surface area (Å²) in [5, 5.41) is 18.4. The van der Waals surface area contributed by atoms with E-state index in [1.807, 2.05) is 24.3 Å². The van der Waals surface area contributed by atoms with Crippen molar-refractivity contribution in [3.63, 3.8) is 0 Å². The van der Waals surface area contributed by atoms with Gasteiger partial charge in [-0.05, 0) is 42.5 Å². The third-order valence-electron chi connectivity index (χ3n) is 4.82. The lowest BCUT2D eigenvalue weighted by molar-refractivity contribution is 0.102. The number of rotatable bonds is 6. The third kappa shape index (κ3) is 4.30. The monoisotopic (exact) mass is 469 g/mol. The number of nitroso groups, excluding NO2 is 1. The van der Waals surface area contributed by atoms with Crippen LogP contribution in [0.3, 0.4) is 0 Å². The molecule has 2 aromatic carbocycles. The SMILES string of the molecule is O=Nc1ccc(/C=C/c2nc(NC(=O)c3csc(-c4ccccc4O)n3)c3ccccc3n2)o1. The molecular weight excluding hydrogens is 454 g/mol. The molecule has 5 aromatic rings. The average molecular weight is 469 g/mol. The first kappa shape index (κ1) is 21.2. The Labute approximate surface area is 196 Å². The molecule has 0 fully saturated rings. The van der Waals surface area contributed by atoms with Gasteiger partial charge in [-0.2, -0.15) is 0 Å². The molecular formula is C24H15N5O4S. The fourth-order valence-electron chi connectivity index (χ4n) is 3.23. The maximum absolute atomic E-state index is 13.0. The number of hydrogen-bond acceptors (Lipinski definition) is 9. The van der Waals surface area contributed by atoms with Gasteiger partial charge in [0.15, 0.2) is 5.82 Å². The first-order valence-corrected chi connectivity index (χ1v) is 10.9. The van der Waals surface area contributed by atoms with Crippen molar-refractivity contribution >= 4 is 52.0 Å². The predicted molar refractivity (Wildman–Crippen MR) is 130 cm³/mol. The molecule has 166 valence electrons. The minimum atomic E-state index is -0.440. The van der Waals surface area contributed by atoms with Crippen LogP contribution >= 0.6 is 11.3 Å². The normalized spacial score (nSPS) is 11.2. The smallest absolute Gasteiger partial charge is 0.276 e. The van der Waals surface area contributed by atoms with Gasteiger partial charge < -0.3 is 14.8 Å². The Kier molecular flexibility index (Phi) is 5.63. The number of anilines is 1. The molecule has 10 heteroatoms. The third-order valence-corrected chi connectivity index (χ3v) is 5.70. The molecule has 0 aliphatic rings. The number of nitrogens with one attached hydrogen (secondary N) is 1. The highest BCUT2D eigenvalue weighted by molar-refractivity contribution is 7.13. The van der Waals surface area contributed by atoms with E-state index in [1.54, 1.807) is 47.9 Å². The van der Waals surface area contributed by atoms with Crippen LogP contribution in [0.1, 0.15) is 22.1 Å². The van der Waals surface area contributed by atoms with Crippen LogP contribution in [0, 0.1) is 4.91 Å². The summed E-state index contributed by atoms with van der Waals surface area (Å²) in [6.07, 6.45) is 3.21. The summed E-state index contributed by atoms with van der Waals surface area (Å²) in [6, 6.07) is 17.1. The van der Waals surface area contributed by atoms with Crippen molar-refractivity contribution in [2.75, 3.05) is 5.32 Å². The van der Waals surface area contributed by atoms with E-state index in [4.69, 9.17) is 4.42 Å². The largest absolute Gasteiger partial charge is 0.507 e. The molecule has 0 unspecified atom stereocenters. The minimum Gasteiger partial charge on any atom is -0.507 e. The van der Waals surface area contributed by atoms with Gasteiger partial charge in [-0.1, -0.05) is 24.3 Å². The van der Waals surface area contributed by atoms with Crippen LogP contribution in [-0.4, -0.2) is 26.0 Å². The first-order valence-electron chi connectivity index (χ1n) is 10.0. The van der Waals surface area contributed by atoms with Crippen molar-refractivity contribution in [2.45, 2.75) is 0 Å². The molecule has 0 saturated heterocycles. The van der Waals surface area contributed by atoms with E-state index in [-0.39, 0.29) is 17.3 Å². The molecule has 0 atom stereocenters. The summed E-state index contributed by atoms with van der Waals surface area (Å²) in [7, 11) is 0. The zero-order valence-electron chi connectivity index (χ0n) is 17.4. The van der Waals surface area contributed by atoms with E-state index < -0.39 is 5.91 Å². The van der Waals surface area contributed by atoms with Crippen molar-refractivity contribution in [1.29, 1.82) is 0 Å². The Hall–Kier alpha value is -4.70. The fraction of sp³-hybridized carbons (Fsp3) is 0. The van der Waals surface area contributed by atoms with Crippen LogP contribution in [0.2, 0.25) is 0 Å². The lowest BCUT2D eigenvalue weighted by atomic mass is 10.2. The molecule has 3 heterocycles. The Balaban J connectivity index is 1.44. The number of amides is 1. The van der Waals surface area contributed by atoms with E-state index in [1.165, 1.54) is 17.4 Å². The number of para-hydroxylation sites is 2. The molecule has 5 rings (SSSR count). The first-order chi connectivity index (χ1) is 16.6. The second kappa shape index (κ2) is 9.04. The summed E-state index contributed by atoms with van der Waals surface area (Å²) >= 11 is 1.26. The molecule has 2 N–H and O–H groups in total. The molecule has 1 amide bonds. The van der Waals surface area contributed by atoms with Gasteiger partial charge in [-0.25, -0.2) is 15.0 Å². The lowest BCUT2D eigenvalue weighted by Gasteiger charge is -2.08. The lowest BCUT2D eigenvalue weighted by Crippen LogP contribution is -2.14. The quantitative estimate of drug-likeness (QED) is 0.297. The number of furan rings is 1. The fourth-order valence-corrected chi connectivity index (χ4v) is 4.06. The average Bonchev–Trinajstić information content (AvgIpc) is 3.53. The Bertz CT molecular complexity index is 1560. The number of nitrogens with zero attached hydrogens (tertiary/aromatic N) is 4. The summed E-state index contributed by atoms with van der Waals surface area (Å²) in [4.78, 5) is 36.8. The highest BCUT2D eigenvalue weighted by atomic mass is 32.1. The van der Waals surface area contributed by atoms with Gasteiger partial charge in [0.2, 0.25) is 0 Å². The van der Waals surface area contributed by atoms with Crippen LogP contribution in [-0.2, 0) is 0 Å². The summed E-state index contributed by atoms with van der Waals surface area (Å²) in [6.45, 7) is 0. The molecule has 0 bridgehead atoms. The summed E-state index contributed by atoms with van der Waals surface area (Å²) in [5.74, 6) is 0.690. The van der Waals surface area contributed by atoms with Gasteiger partial charge in [0.05, 0.1) is 11.1 Å². The van der Waals surface area contributed by atoms with Crippen LogP contribution in [0.25, 0.3) is 33.6 Å².